The normalized spacial score (nSPS) is 22.2. The van der Waals surface area contributed by atoms with Gasteiger partial charge in [0, 0.05) is 19.5 Å². The molecule has 1 amide bonds. The lowest BCUT2D eigenvalue weighted by Crippen LogP contribution is -2.51. The van der Waals surface area contributed by atoms with Gasteiger partial charge in [0.25, 0.3) is 0 Å². The van der Waals surface area contributed by atoms with Crippen molar-refractivity contribution in [1.82, 2.24) is 10.2 Å². The summed E-state index contributed by atoms with van der Waals surface area (Å²) in [5, 5.41) is 12.2. The summed E-state index contributed by atoms with van der Waals surface area (Å²) in [7, 11) is 0. The monoisotopic (exact) mass is 312 g/mol. The second-order valence-electron chi connectivity index (χ2n) is 6.52. The van der Waals surface area contributed by atoms with E-state index < -0.39 is 11.5 Å². The molecular formula is C16H28N2O4. The van der Waals surface area contributed by atoms with Crippen LogP contribution in [0.25, 0.3) is 0 Å². The summed E-state index contributed by atoms with van der Waals surface area (Å²) in [6.45, 7) is 4.32. The average molecular weight is 312 g/mol. The van der Waals surface area contributed by atoms with Crippen molar-refractivity contribution in [2.75, 3.05) is 32.8 Å². The summed E-state index contributed by atoms with van der Waals surface area (Å²) in [6, 6.07) is 0. The van der Waals surface area contributed by atoms with Crippen LogP contribution < -0.4 is 5.32 Å². The fraction of sp³-hybridized carbons (Fsp3) is 0.875. The van der Waals surface area contributed by atoms with Gasteiger partial charge in [-0.3, -0.25) is 14.5 Å². The molecular weight excluding hydrogens is 284 g/mol. The number of carbonyl (C=O) groups is 2. The van der Waals surface area contributed by atoms with Gasteiger partial charge in [-0.15, -0.1) is 0 Å². The van der Waals surface area contributed by atoms with Gasteiger partial charge in [-0.1, -0.05) is 19.3 Å². The van der Waals surface area contributed by atoms with Crippen molar-refractivity contribution in [3.05, 3.63) is 0 Å². The zero-order valence-corrected chi connectivity index (χ0v) is 13.3. The molecule has 1 heterocycles. The molecule has 0 aromatic carbocycles. The maximum absolute atomic E-state index is 12.2. The van der Waals surface area contributed by atoms with E-state index in [2.05, 4.69) is 10.2 Å². The molecule has 0 aromatic rings. The van der Waals surface area contributed by atoms with Crippen LogP contribution in [0.3, 0.4) is 0 Å². The Bertz CT molecular complexity index is 374. The number of nitrogens with zero attached hydrogens (tertiary/aromatic N) is 1. The third-order valence-electron chi connectivity index (χ3n) is 4.69. The Morgan fingerprint density at radius 3 is 2.45 bits per heavy atom. The van der Waals surface area contributed by atoms with Crippen molar-refractivity contribution < 1.29 is 19.4 Å². The molecule has 6 nitrogen and oxygen atoms in total. The van der Waals surface area contributed by atoms with E-state index in [-0.39, 0.29) is 12.3 Å². The van der Waals surface area contributed by atoms with Crippen LogP contribution in [0.2, 0.25) is 0 Å². The van der Waals surface area contributed by atoms with E-state index in [1.807, 2.05) is 0 Å². The third kappa shape index (κ3) is 5.57. The molecule has 0 spiro atoms. The topological polar surface area (TPSA) is 78.9 Å². The quantitative estimate of drug-likeness (QED) is 0.743. The molecule has 1 aliphatic carbocycles. The number of ether oxygens (including phenoxy) is 1. The molecule has 1 saturated heterocycles. The minimum Gasteiger partial charge on any atom is -0.481 e. The molecule has 22 heavy (non-hydrogen) atoms. The highest BCUT2D eigenvalue weighted by Crippen LogP contribution is 2.31. The van der Waals surface area contributed by atoms with Crippen molar-refractivity contribution in [3.8, 4) is 0 Å². The first-order chi connectivity index (χ1) is 10.6. The average Bonchev–Trinajstić information content (AvgIpc) is 2.48. The maximum Gasteiger partial charge on any atom is 0.305 e. The standard InChI is InChI=1S/C16H28N2O4/c19-14(5-4-8-18-9-11-22-12-10-18)17-16(13-15(20)21)6-2-1-3-7-16/h1-13H2,(H,17,19)(H,20,21). The Morgan fingerprint density at radius 1 is 1.14 bits per heavy atom. The molecule has 126 valence electrons. The van der Waals surface area contributed by atoms with E-state index in [1.165, 1.54) is 0 Å². The summed E-state index contributed by atoms with van der Waals surface area (Å²) < 4.78 is 5.30. The number of hydrogen-bond donors (Lipinski definition) is 2. The highest BCUT2D eigenvalue weighted by Gasteiger charge is 2.35. The molecule has 1 aliphatic heterocycles. The maximum atomic E-state index is 12.2. The number of rotatable bonds is 7. The molecule has 0 unspecified atom stereocenters. The zero-order valence-electron chi connectivity index (χ0n) is 13.3. The first-order valence-corrected chi connectivity index (χ1v) is 8.43. The van der Waals surface area contributed by atoms with Crippen LogP contribution in [0, 0.1) is 0 Å². The summed E-state index contributed by atoms with van der Waals surface area (Å²) in [5.41, 5.74) is -0.514. The Labute approximate surface area is 132 Å². The van der Waals surface area contributed by atoms with E-state index in [1.54, 1.807) is 0 Å². The smallest absolute Gasteiger partial charge is 0.305 e. The fourth-order valence-corrected chi connectivity index (χ4v) is 3.51. The van der Waals surface area contributed by atoms with Gasteiger partial charge in [0.15, 0.2) is 0 Å². The van der Waals surface area contributed by atoms with Crippen LogP contribution in [0.5, 0.6) is 0 Å². The summed E-state index contributed by atoms with van der Waals surface area (Å²) in [4.78, 5) is 25.6. The van der Waals surface area contributed by atoms with Crippen molar-refractivity contribution >= 4 is 11.9 Å². The highest BCUT2D eigenvalue weighted by molar-refractivity contribution is 5.78. The van der Waals surface area contributed by atoms with Crippen molar-refractivity contribution in [1.29, 1.82) is 0 Å². The summed E-state index contributed by atoms with van der Waals surface area (Å²) >= 11 is 0. The lowest BCUT2D eigenvalue weighted by Gasteiger charge is -2.37. The lowest BCUT2D eigenvalue weighted by atomic mass is 9.79. The number of carbonyl (C=O) groups excluding carboxylic acids is 1. The second-order valence-corrected chi connectivity index (χ2v) is 6.52. The molecule has 2 rings (SSSR count). The number of hydrogen-bond acceptors (Lipinski definition) is 4. The van der Waals surface area contributed by atoms with Gasteiger partial charge in [-0.05, 0) is 25.8 Å². The number of amides is 1. The van der Waals surface area contributed by atoms with Crippen molar-refractivity contribution in [3.63, 3.8) is 0 Å². The SMILES string of the molecule is O=C(O)CC1(NC(=O)CCCN2CCOCC2)CCCCC1. The summed E-state index contributed by atoms with van der Waals surface area (Å²) in [6.07, 6.45) is 6.04. The van der Waals surface area contributed by atoms with Crippen LogP contribution in [-0.4, -0.2) is 60.3 Å². The van der Waals surface area contributed by atoms with Crippen LogP contribution >= 0.6 is 0 Å². The fourth-order valence-electron chi connectivity index (χ4n) is 3.51. The van der Waals surface area contributed by atoms with Crippen molar-refractivity contribution in [2.24, 2.45) is 0 Å². The third-order valence-corrected chi connectivity index (χ3v) is 4.69. The first-order valence-electron chi connectivity index (χ1n) is 8.43. The number of aliphatic carboxylic acids is 1. The van der Waals surface area contributed by atoms with Crippen LogP contribution in [-0.2, 0) is 14.3 Å². The molecule has 0 aromatic heterocycles. The van der Waals surface area contributed by atoms with Gasteiger partial charge in [0.2, 0.25) is 5.91 Å². The number of nitrogens with one attached hydrogen (secondary N) is 1. The highest BCUT2D eigenvalue weighted by atomic mass is 16.5. The van der Waals surface area contributed by atoms with E-state index in [0.29, 0.717) is 6.42 Å². The van der Waals surface area contributed by atoms with Gasteiger partial charge in [-0.2, -0.15) is 0 Å². The molecule has 2 N–H and O–H groups in total. The molecule has 2 aliphatic rings. The Balaban J connectivity index is 1.74. The number of carboxylic acid groups (broad SMARTS) is 1. The van der Waals surface area contributed by atoms with Gasteiger partial charge >= 0.3 is 5.97 Å². The minimum absolute atomic E-state index is 0.00332. The van der Waals surface area contributed by atoms with Gasteiger partial charge in [-0.25, -0.2) is 0 Å². The Hall–Kier alpha value is -1.14. The van der Waals surface area contributed by atoms with Gasteiger partial charge in [0.05, 0.1) is 25.2 Å². The lowest BCUT2D eigenvalue weighted by molar-refractivity contribution is -0.139. The van der Waals surface area contributed by atoms with Gasteiger partial charge in [0.1, 0.15) is 0 Å². The van der Waals surface area contributed by atoms with E-state index in [9.17, 15) is 9.59 Å². The molecule has 0 atom stereocenters. The Morgan fingerprint density at radius 2 is 1.82 bits per heavy atom. The predicted octanol–water partition coefficient (Wildman–Crippen LogP) is 1.39. The summed E-state index contributed by atoms with van der Waals surface area (Å²) in [5.74, 6) is -0.827. The van der Waals surface area contributed by atoms with Crippen LogP contribution in [0.4, 0.5) is 0 Å². The number of morpholine rings is 1. The molecule has 0 radical (unpaired) electrons. The predicted molar refractivity (Wildman–Crippen MR) is 82.7 cm³/mol. The van der Waals surface area contributed by atoms with Gasteiger partial charge < -0.3 is 15.2 Å². The molecule has 0 bridgehead atoms. The van der Waals surface area contributed by atoms with E-state index in [0.717, 1.165) is 71.4 Å². The van der Waals surface area contributed by atoms with Crippen molar-refractivity contribution in [2.45, 2.75) is 56.9 Å². The molecule has 2 fully saturated rings. The van der Waals surface area contributed by atoms with E-state index in [4.69, 9.17) is 9.84 Å². The largest absolute Gasteiger partial charge is 0.481 e. The Kier molecular flexibility index (Phi) is 6.64. The molecule has 6 heteroatoms. The van der Waals surface area contributed by atoms with Crippen LogP contribution in [0.1, 0.15) is 51.4 Å². The first kappa shape index (κ1) is 17.2. The molecule has 1 saturated carbocycles. The van der Waals surface area contributed by atoms with Crippen LogP contribution in [0.15, 0.2) is 0 Å². The number of carboxylic acids is 1. The minimum atomic E-state index is -0.824. The second kappa shape index (κ2) is 8.48. The zero-order chi connectivity index (χ0) is 15.8. The van der Waals surface area contributed by atoms with E-state index >= 15 is 0 Å².